The third-order valence-electron chi connectivity index (χ3n) is 2.48. The van der Waals surface area contributed by atoms with E-state index < -0.39 is 11.6 Å². The van der Waals surface area contributed by atoms with Crippen LogP contribution in [0.3, 0.4) is 0 Å². The van der Waals surface area contributed by atoms with E-state index in [2.05, 4.69) is 5.32 Å². The maximum absolute atomic E-state index is 13.4. The molecule has 18 heavy (non-hydrogen) atoms. The number of Topliss-reactive ketones (excluding diaryl/α,β-unsaturated/α-hetero) is 1. The minimum absolute atomic E-state index is 0.0377. The van der Waals surface area contributed by atoms with Crippen molar-refractivity contribution in [1.29, 1.82) is 0 Å². The van der Waals surface area contributed by atoms with Gasteiger partial charge < -0.3 is 5.32 Å². The summed E-state index contributed by atoms with van der Waals surface area (Å²) in [5, 5.41) is 2.74. The molecule has 0 spiro atoms. The summed E-state index contributed by atoms with van der Waals surface area (Å²) in [6.45, 7) is 1.45. The number of hydrogen-bond acceptors (Lipinski definition) is 2. The van der Waals surface area contributed by atoms with Gasteiger partial charge in [0, 0.05) is 17.3 Å². The first-order chi connectivity index (χ1) is 8.56. The molecule has 0 saturated carbocycles. The minimum Gasteiger partial charge on any atom is -0.353 e. The van der Waals surface area contributed by atoms with Gasteiger partial charge in [-0.3, -0.25) is 4.79 Å². The van der Waals surface area contributed by atoms with E-state index in [9.17, 15) is 13.6 Å². The first-order valence-electron chi connectivity index (χ1n) is 5.39. The smallest absolute Gasteiger partial charge is 0.159 e. The van der Waals surface area contributed by atoms with Gasteiger partial charge in [-0.15, -0.1) is 0 Å². The first kappa shape index (κ1) is 12.2. The molecular formula is C14H11F2NO. The molecular weight excluding hydrogens is 236 g/mol. The van der Waals surface area contributed by atoms with Gasteiger partial charge in [-0.05, 0) is 31.2 Å². The van der Waals surface area contributed by atoms with Crippen LogP contribution in [-0.4, -0.2) is 5.78 Å². The average molecular weight is 247 g/mol. The van der Waals surface area contributed by atoms with Gasteiger partial charge in [-0.2, -0.15) is 0 Å². The van der Waals surface area contributed by atoms with Gasteiger partial charge in [-0.1, -0.05) is 12.1 Å². The summed E-state index contributed by atoms with van der Waals surface area (Å²) in [7, 11) is 0. The standard InChI is InChI=1S/C14H11F2NO/c1-9(18)10-3-2-4-12(7-10)17-14-8-11(15)5-6-13(14)16/h2-8,17H,1H3. The number of hydrogen-bond donors (Lipinski definition) is 1. The van der Waals surface area contributed by atoms with Crippen LogP contribution in [0.1, 0.15) is 17.3 Å². The van der Waals surface area contributed by atoms with Crippen molar-refractivity contribution in [3.8, 4) is 0 Å². The first-order valence-corrected chi connectivity index (χ1v) is 5.39. The second-order valence-corrected chi connectivity index (χ2v) is 3.89. The normalized spacial score (nSPS) is 10.2. The van der Waals surface area contributed by atoms with Gasteiger partial charge in [0.2, 0.25) is 0 Å². The number of halogens is 2. The lowest BCUT2D eigenvalue weighted by atomic mass is 10.1. The van der Waals surface area contributed by atoms with E-state index in [4.69, 9.17) is 0 Å². The average Bonchev–Trinajstić information content (AvgIpc) is 2.34. The number of rotatable bonds is 3. The topological polar surface area (TPSA) is 29.1 Å². The van der Waals surface area contributed by atoms with Crippen LogP contribution in [0, 0.1) is 11.6 Å². The summed E-state index contributed by atoms with van der Waals surface area (Å²) < 4.78 is 26.4. The Balaban J connectivity index is 2.31. The van der Waals surface area contributed by atoms with Crippen LogP contribution in [0.4, 0.5) is 20.2 Å². The second-order valence-electron chi connectivity index (χ2n) is 3.89. The Morgan fingerprint density at radius 1 is 1.11 bits per heavy atom. The van der Waals surface area contributed by atoms with E-state index >= 15 is 0 Å². The molecule has 0 fully saturated rings. The Labute approximate surface area is 103 Å². The molecule has 2 aromatic carbocycles. The zero-order chi connectivity index (χ0) is 13.1. The number of ketones is 1. The van der Waals surface area contributed by atoms with Crippen LogP contribution < -0.4 is 5.32 Å². The van der Waals surface area contributed by atoms with Crippen molar-refractivity contribution < 1.29 is 13.6 Å². The molecule has 0 aliphatic carbocycles. The lowest BCUT2D eigenvalue weighted by Crippen LogP contribution is -1.97. The van der Waals surface area contributed by atoms with Crippen molar-refractivity contribution in [1.82, 2.24) is 0 Å². The largest absolute Gasteiger partial charge is 0.353 e. The molecule has 2 nitrogen and oxygen atoms in total. The lowest BCUT2D eigenvalue weighted by molar-refractivity contribution is 0.101. The molecule has 4 heteroatoms. The summed E-state index contributed by atoms with van der Waals surface area (Å²) in [4.78, 5) is 11.2. The molecule has 0 radical (unpaired) electrons. The van der Waals surface area contributed by atoms with E-state index in [1.165, 1.54) is 6.92 Å². The van der Waals surface area contributed by atoms with E-state index in [-0.39, 0.29) is 11.5 Å². The van der Waals surface area contributed by atoms with Crippen molar-refractivity contribution in [2.24, 2.45) is 0 Å². The third-order valence-corrected chi connectivity index (χ3v) is 2.48. The maximum atomic E-state index is 13.4. The van der Waals surface area contributed by atoms with Crippen LogP contribution in [0.5, 0.6) is 0 Å². The second kappa shape index (κ2) is 4.96. The number of carbonyl (C=O) groups is 1. The third kappa shape index (κ3) is 2.71. The molecule has 0 amide bonds. The quantitative estimate of drug-likeness (QED) is 0.833. The molecule has 0 atom stereocenters. The Bertz CT molecular complexity index is 596. The SMILES string of the molecule is CC(=O)c1cccc(Nc2cc(F)ccc2F)c1. The van der Waals surface area contributed by atoms with Crippen molar-refractivity contribution in [2.75, 3.05) is 5.32 Å². The van der Waals surface area contributed by atoms with Crippen molar-refractivity contribution in [3.63, 3.8) is 0 Å². The zero-order valence-corrected chi connectivity index (χ0v) is 9.71. The van der Waals surface area contributed by atoms with Crippen molar-refractivity contribution >= 4 is 17.2 Å². The number of carbonyl (C=O) groups excluding carboxylic acids is 1. The van der Waals surface area contributed by atoms with Crippen LogP contribution >= 0.6 is 0 Å². The summed E-state index contributed by atoms with van der Waals surface area (Å²) in [5.74, 6) is -1.16. The van der Waals surface area contributed by atoms with Gasteiger partial charge in [0.15, 0.2) is 5.78 Å². The number of benzene rings is 2. The molecule has 0 unspecified atom stereocenters. The zero-order valence-electron chi connectivity index (χ0n) is 9.71. The fourth-order valence-corrected chi connectivity index (χ4v) is 1.56. The number of nitrogens with one attached hydrogen (secondary N) is 1. The van der Waals surface area contributed by atoms with Crippen molar-refractivity contribution in [3.05, 3.63) is 59.7 Å². The van der Waals surface area contributed by atoms with Gasteiger partial charge in [0.1, 0.15) is 11.6 Å². The Morgan fingerprint density at radius 2 is 1.89 bits per heavy atom. The maximum Gasteiger partial charge on any atom is 0.159 e. The Kier molecular flexibility index (Phi) is 3.37. The highest BCUT2D eigenvalue weighted by Crippen LogP contribution is 2.21. The Hall–Kier alpha value is -2.23. The monoisotopic (exact) mass is 247 g/mol. The lowest BCUT2D eigenvalue weighted by Gasteiger charge is -2.08. The highest BCUT2D eigenvalue weighted by molar-refractivity contribution is 5.95. The fraction of sp³-hybridized carbons (Fsp3) is 0.0714. The molecule has 0 aliphatic heterocycles. The highest BCUT2D eigenvalue weighted by Gasteiger charge is 2.05. The van der Waals surface area contributed by atoms with Crippen LogP contribution in [0.25, 0.3) is 0 Å². The van der Waals surface area contributed by atoms with E-state index in [0.717, 1.165) is 18.2 Å². The molecule has 0 aliphatic rings. The Morgan fingerprint density at radius 3 is 2.61 bits per heavy atom. The molecule has 2 aromatic rings. The molecule has 2 rings (SSSR count). The molecule has 0 heterocycles. The van der Waals surface area contributed by atoms with Crippen molar-refractivity contribution in [2.45, 2.75) is 6.92 Å². The van der Waals surface area contributed by atoms with Gasteiger partial charge >= 0.3 is 0 Å². The summed E-state index contributed by atoms with van der Waals surface area (Å²) >= 11 is 0. The predicted molar refractivity (Wildman–Crippen MR) is 66.1 cm³/mol. The predicted octanol–water partition coefficient (Wildman–Crippen LogP) is 3.91. The van der Waals surface area contributed by atoms with Crippen LogP contribution in [-0.2, 0) is 0 Å². The van der Waals surface area contributed by atoms with Crippen LogP contribution in [0.15, 0.2) is 42.5 Å². The molecule has 0 saturated heterocycles. The molecule has 92 valence electrons. The highest BCUT2D eigenvalue weighted by atomic mass is 19.1. The fourth-order valence-electron chi connectivity index (χ4n) is 1.56. The summed E-state index contributed by atoms with van der Waals surface area (Å²) in [6.07, 6.45) is 0. The van der Waals surface area contributed by atoms with E-state index in [1.54, 1.807) is 24.3 Å². The van der Waals surface area contributed by atoms with Gasteiger partial charge in [0.25, 0.3) is 0 Å². The molecule has 0 bridgehead atoms. The molecule has 1 N–H and O–H groups in total. The summed E-state index contributed by atoms with van der Waals surface area (Å²) in [6, 6.07) is 9.77. The summed E-state index contributed by atoms with van der Waals surface area (Å²) in [5.41, 5.74) is 1.08. The van der Waals surface area contributed by atoms with Gasteiger partial charge in [0.05, 0.1) is 5.69 Å². The van der Waals surface area contributed by atoms with E-state index in [1.807, 2.05) is 0 Å². The minimum atomic E-state index is -0.551. The molecule has 0 aromatic heterocycles. The van der Waals surface area contributed by atoms with Crippen LogP contribution in [0.2, 0.25) is 0 Å². The number of anilines is 2. The van der Waals surface area contributed by atoms with Gasteiger partial charge in [-0.25, -0.2) is 8.78 Å². The van der Waals surface area contributed by atoms with E-state index in [0.29, 0.717) is 11.3 Å².